The number of hydrogen-bond acceptors (Lipinski definition) is 5. The Hall–Kier alpha value is -2.38. The summed E-state index contributed by atoms with van der Waals surface area (Å²) in [5.41, 5.74) is 3.36. The summed E-state index contributed by atoms with van der Waals surface area (Å²) in [5, 5.41) is 0.676. The molecule has 26 heavy (non-hydrogen) atoms. The molecule has 0 fully saturated rings. The van der Waals surface area contributed by atoms with Crippen LogP contribution >= 0.6 is 11.8 Å². The number of sulfonamides is 1. The van der Waals surface area contributed by atoms with Gasteiger partial charge in [-0.15, -0.1) is 0 Å². The summed E-state index contributed by atoms with van der Waals surface area (Å²) >= 11 is 1.44. The molecule has 2 aromatic carbocycles. The van der Waals surface area contributed by atoms with Gasteiger partial charge in [0.1, 0.15) is 0 Å². The first kappa shape index (κ1) is 18.4. The Balaban J connectivity index is 1.74. The molecule has 0 radical (unpaired) electrons. The molecule has 0 spiro atoms. The van der Waals surface area contributed by atoms with Gasteiger partial charge in [-0.1, -0.05) is 17.7 Å². The summed E-state index contributed by atoms with van der Waals surface area (Å²) in [6, 6.07) is 15.8. The van der Waals surface area contributed by atoms with Gasteiger partial charge in [0.05, 0.1) is 4.90 Å². The highest BCUT2D eigenvalue weighted by Gasteiger charge is 2.13. The van der Waals surface area contributed by atoms with Crippen LogP contribution in [0.1, 0.15) is 17.0 Å². The van der Waals surface area contributed by atoms with E-state index < -0.39 is 10.0 Å². The zero-order valence-corrected chi connectivity index (χ0v) is 16.4. The maximum Gasteiger partial charge on any atom is 0.261 e. The standard InChI is InChI=1S/C19H19N3O2S2/c1-13-4-10-18(11-5-13)26(23,24)22-16-6-8-17(9-7-16)25-19-20-14(2)12-15(3)21-19/h4-12,22H,1-3H3. The summed E-state index contributed by atoms with van der Waals surface area (Å²) in [4.78, 5) is 9.98. The topological polar surface area (TPSA) is 72.0 Å². The molecule has 0 atom stereocenters. The zero-order valence-electron chi connectivity index (χ0n) is 14.7. The summed E-state index contributed by atoms with van der Waals surface area (Å²) in [7, 11) is -3.59. The van der Waals surface area contributed by atoms with E-state index in [-0.39, 0.29) is 4.90 Å². The first-order chi connectivity index (χ1) is 12.3. The van der Waals surface area contributed by atoms with Gasteiger partial charge in [0, 0.05) is 22.0 Å². The van der Waals surface area contributed by atoms with E-state index in [4.69, 9.17) is 0 Å². The normalized spacial score (nSPS) is 11.3. The molecule has 1 heterocycles. The van der Waals surface area contributed by atoms with Crippen LogP contribution in [0.2, 0.25) is 0 Å². The van der Waals surface area contributed by atoms with E-state index in [0.29, 0.717) is 10.8 Å². The predicted molar refractivity (Wildman–Crippen MR) is 104 cm³/mol. The number of aromatic nitrogens is 2. The Morgan fingerprint density at radius 3 is 2.00 bits per heavy atom. The third-order valence-electron chi connectivity index (χ3n) is 3.61. The van der Waals surface area contributed by atoms with Crippen LogP contribution in [0.5, 0.6) is 0 Å². The number of aryl methyl sites for hydroxylation is 3. The largest absolute Gasteiger partial charge is 0.280 e. The Labute approximate surface area is 158 Å². The van der Waals surface area contributed by atoms with Crippen LogP contribution in [0.25, 0.3) is 0 Å². The van der Waals surface area contributed by atoms with Crippen molar-refractivity contribution >= 4 is 27.5 Å². The van der Waals surface area contributed by atoms with Crippen LogP contribution in [0.4, 0.5) is 5.69 Å². The van der Waals surface area contributed by atoms with Gasteiger partial charge in [-0.2, -0.15) is 0 Å². The molecule has 3 aromatic rings. The average Bonchev–Trinajstić information content (AvgIpc) is 2.56. The van der Waals surface area contributed by atoms with Crippen LogP contribution < -0.4 is 4.72 Å². The van der Waals surface area contributed by atoms with Gasteiger partial charge in [0.15, 0.2) is 5.16 Å². The van der Waals surface area contributed by atoms with Crippen molar-refractivity contribution in [3.05, 3.63) is 71.5 Å². The molecule has 7 heteroatoms. The molecule has 0 aliphatic heterocycles. The van der Waals surface area contributed by atoms with Crippen LogP contribution in [0, 0.1) is 20.8 Å². The fraction of sp³-hybridized carbons (Fsp3) is 0.158. The minimum atomic E-state index is -3.59. The first-order valence-corrected chi connectivity index (χ1v) is 10.3. The van der Waals surface area contributed by atoms with Crippen LogP contribution in [-0.2, 0) is 10.0 Å². The molecule has 1 aromatic heterocycles. The molecule has 3 rings (SSSR count). The minimum absolute atomic E-state index is 0.241. The maximum atomic E-state index is 12.4. The number of rotatable bonds is 5. The quantitative estimate of drug-likeness (QED) is 0.661. The van der Waals surface area contributed by atoms with Gasteiger partial charge in [-0.3, -0.25) is 4.72 Å². The number of nitrogens with one attached hydrogen (secondary N) is 1. The maximum absolute atomic E-state index is 12.4. The molecule has 0 amide bonds. The smallest absolute Gasteiger partial charge is 0.261 e. The number of benzene rings is 2. The van der Waals surface area contributed by atoms with E-state index in [1.165, 1.54) is 11.8 Å². The second-order valence-corrected chi connectivity index (χ2v) is 8.70. The van der Waals surface area contributed by atoms with Crippen molar-refractivity contribution in [1.29, 1.82) is 0 Å². The molecule has 134 valence electrons. The van der Waals surface area contributed by atoms with E-state index in [2.05, 4.69) is 14.7 Å². The Morgan fingerprint density at radius 1 is 0.846 bits per heavy atom. The van der Waals surface area contributed by atoms with Crippen LogP contribution in [0.3, 0.4) is 0 Å². The van der Waals surface area contributed by atoms with Crippen LogP contribution in [0.15, 0.2) is 69.5 Å². The first-order valence-electron chi connectivity index (χ1n) is 8.01. The van der Waals surface area contributed by atoms with Gasteiger partial charge >= 0.3 is 0 Å². The van der Waals surface area contributed by atoms with Gasteiger partial charge in [-0.25, -0.2) is 18.4 Å². The zero-order chi connectivity index (χ0) is 18.7. The van der Waals surface area contributed by atoms with Gasteiger partial charge in [0.25, 0.3) is 10.0 Å². The molecule has 5 nitrogen and oxygen atoms in total. The minimum Gasteiger partial charge on any atom is -0.280 e. The van der Waals surface area contributed by atoms with E-state index in [0.717, 1.165) is 21.8 Å². The van der Waals surface area contributed by atoms with Crippen molar-refractivity contribution in [2.24, 2.45) is 0 Å². The van der Waals surface area contributed by atoms with Crippen molar-refractivity contribution in [3.8, 4) is 0 Å². The van der Waals surface area contributed by atoms with E-state index in [1.54, 1.807) is 36.4 Å². The van der Waals surface area contributed by atoms with E-state index in [1.807, 2.05) is 39.0 Å². The monoisotopic (exact) mass is 385 g/mol. The number of nitrogens with zero attached hydrogens (tertiary/aromatic N) is 2. The lowest BCUT2D eigenvalue weighted by molar-refractivity contribution is 0.601. The summed E-state index contributed by atoms with van der Waals surface area (Å²) in [6.45, 7) is 5.78. The van der Waals surface area contributed by atoms with Crippen molar-refractivity contribution in [1.82, 2.24) is 9.97 Å². The van der Waals surface area contributed by atoms with E-state index >= 15 is 0 Å². The predicted octanol–water partition coefficient (Wildman–Crippen LogP) is 4.35. The van der Waals surface area contributed by atoms with Crippen molar-refractivity contribution in [3.63, 3.8) is 0 Å². The average molecular weight is 386 g/mol. The lowest BCUT2D eigenvalue weighted by atomic mass is 10.2. The third-order valence-corrected chi connectivity index (χ3v) is 5.88. The summed E-state index contributed by atoms with van der Waals surface area (Å²) in [6.07, 6.45) is 0. The third kappa shape index (κ3) is 4.62. The lowest BCUT2D eigenvalue weighted by Crippen LogP contribution is -2.12. The highest BCUT2D eigenvalue weighted by molar-refractivity contribution is 7.99. The molecule has 0 bridgehead atoms. The van der Waals surface area contributed by atoms with Gasteiger partial charge in [0.2, 0.25) is 0 Å². The fourth-order valence-corrected chi connectivity index (χ4v) is 4.29. The summed E-state index contributed by atoms with van der Waals surface area (Å²) in [5.74, 6) is 0. The number of hydrogen-bond donors (Lipinski definition) is 1. The molecule has 1 N–H and O–H groups in total. The highest BCUT2D eigenvalue weighted by Crippen LogP contribution is 2.27. The molecule has 0 unspecified atom stereocenters. The lowest BCUT2D eigenvalue weighted by Gasteiger charge is -2.09. The fourth-order valence-electron chi connectivity index (χ4n) is 2.37. The molecular weight excluding hydrogens is 366 g/mol. The second kappa shape index (κ2) is 7.47. The molecule has 0 aliphatic rings. The van der Waals surface area contributed by atoms with Crippen molar-refractivity contribution < 1.29 is 8.42 Å². The molecular formula is C19H19N3O2S2. The highest BCUT2D eigenvalue weighted by atomic mass is 32.2. The Kier molecular flexibility index (Phi) is 5.29. The van der Waals surface area contributed by atoms with Crippen LogP contribution in [-0.4, -0.2) is 18.4 Å². The van der Waals surface area contributed by atoms with Gasteiger partial charge in [-0.05, 0) is 75.0 Å². The van der Waals surface area contributed by atoms with E-state index in [9.17, 15) is 8.42 Å². The van der Waals surface area contributed by atoms with Crippen molar-refractivity contribution in [2.75, 3.05) is 4.72 Å². The second-order valence-electron chi connectivity index (χ2n) is 5.98. The van der Waals surface area contributed by atoms with Gasteiger partial charge < -0.3 is 0 Å². The molecule has 0 saturated heterocycles. The summed E-state index contributed by atoms with van der Waals surface area (Å²) < 4.78 is 27.4. The SMILES string of the molecule is Cc1ccc(S(=O)(=O)Nc2ccc(Sc3nc(C)cc(C)n3)cc2)cc1. The Bertz CT molecular complexity index is 995. The van der Waals surface area contributed by atoms with Crippen molar-refractivity contribution in [2.45, 2.75) is 35.7 Å². The number of anilines is 1. The molecule has 0 aliphatic carbocycles. The molecule has 0 saturated carbocycles. The Morgan fingerprint density at radius 2 is 1.42 bits per heavy atom.